The van der Waals surface area contributed by atoms with Crippen molar-refractivity contribution in [1.29, 1.82) is 0 Å². The molecule has 3 rings (SSSR count). The highest BCUT2D eigenvalue weighted by molar-refractivity contribution is 9.10. The number of halogens is 1. The maximum atomic E-state index is 12.5. The van der Waals surface area contributed by atoms with E-state index in [9.17, 15) is 4.79 Å². The van der Waals surface area contributed by atoms with Gasteiger partial charge in [0.2, 0.25) is 0 Å². The molecule has 1 fully saturated rings. The Balaban J connectivity index is 1.66. The Hall–Kier alpha value is -2.02. The van der Waals surface area contributed by atoms with Crippen LogP contribution in [0.3, 0.4) is 0 Å². The van der Waals surface area contributed by atoms with E-state index in [2.05, 4.69) is 30.9 Å². The van der Waals surface area contributed by atoms with Crippen LogP contribution >= 0.6 is 15.9 Å². The lowest BCUT2D eigenvalue weighted by molar-refractivity contribution is 0.0515. The minimum Gasteiger partial charge on any atom is -0.458 e. The summed E-state index contributed by atoms with van der Waals surface area (Å²) in [6, 6.07) is 3.87. The Morgan fingerprint density at radius 2 is 2.14 bits per heavy atom. The van der Waals surface area contributed by atoms with Crippen molar-refractivity contribution >= 4 is 21.8 Å². The normalized spacial score (nSPS) is 18.0. The Bertz CT molecular complexity index is 653. The molecular weight excluding hydrogens is 348 g/mol. The van der Waals surface area contributed by atoms with Gasteiger partial charge in [-0.25, -0.2) is 9.97 Å². The number of rotatable bonds is 3. The van der Waals surface area contributed by atoms with E-state index in [-0.39, 0.29) is 12.0 Å². The summed E-state index contributed by atoms with van der Waals surface area (Å²) in [6.45, 7) is 1.25. The molecular formula is C15H15BrN4O2. The number of ether oxygens (including phenoxy) is 1. The van der Waals surface area contributed by atoms with E-state index in [1.165, 1.54) is 0 Å². The van der Waals surface area contributed by atoms with Crippen molar-refractivity contribution in [3.63, 3.8) is 0 Å². The number of carbonyl (C=O) groups excluding carboxylic acids is 1. The second kappa shape index (κ2) is 6.83. The van der Waals surface area contributed by atoms with Gasteiger partial charge in [0, 0.05) is 35.8 Å². The number of nitrogens with zero attached hydrogens (tertiary/aromatic N) is 4. The SMILES string of the molecule is O=C(c1cncc(Br)c1)N1CCCC(Oc2ncccn2)C1. The number of aromatic nitrogens is 3. The van der Waals surface area contributed by atoms with Crippen LogP contribution in [0.2, 0.25) is 0 Å². The van der Waals surface area contributed by atoms with Gasteiger partial charge in [-0.15, -0.1) is 0 Å². The van der Waals surface area contributed by atoms with E-state index < -0.39 is 0 Å². The van der Waals surface area contributed by atoms with Crippen molar-refractivity contribution in [3.05, 3.63) is 47.0 Å². The van der Waals surface area contributed by atoms with Gasteiger partial charge in [0.1, 0.15) is 6.10 Å². The molecule has 0 N–H and O–H groups in total. The first-order chi connectivity index (χ1) is 10.7. The Morgan fingerprint density at radius 1 is 1.32 bits per heavy atom. The molecule has 7 heteroatoms. The van der Waals surface area contributed by atoms with E-state index in [1.54, 1.807) is 41.8 Å². The number of pyridine rings is 1. The number of piperidine rings is 1. The summed E-state index contributed by atoms with van der Waals surface area (Å²) in [7, 11) is 0. The summed E-state index contributed by atoms with van der Waals surface area (Å²) >= 11 is 3.34. The zero-order valence-electron chi connectivity index (χ0n) is 11.9. The smallest absolute Gasteiger partial charge is 0.316 e. The van der Waals surface area contributed by atoms with Crippen LogP contribution in [0.25, 0.3) is 0 Å². The first-order valence-electron chi connectivity index (χ1n) is 7.06. The molecule has 0 radical (unpaired) electrons. The molecule has 3 heterocycles. The zero-order valence-corrected chi connectivity index (χ0v) is 13.4. The Morgan fingerprint density at radius 3 is 2.91 bits per heavy atom. The minimum absolute atomic E-state index is 0.0314. The second-order valence-electron chi connectivity index (χ2n) is 5.06. The van der Waals surface area contributed by atoms with Crippen molar-refractivity contribution < 1.29 is 9.53 Å². The highest BCUT2D eigenvalue weighted by atomic mass is 79.9. The first-order valence-corrected chi connectivity index (χ1v) is 7.85. The van der Waals surface area contributed by atoms with Gasteiger partial charge in [-0.05, 0) is 40.9 Å². The standard InChI is InChI=1S/C15H15BrN4O2/c16-12-7-11(8-17-9-12)14(21)20-6-1-3-13(10-20)22-15-18-4-2-5-19-15/h2,4-5,7-9,13H,1,3,6,10H2. The number of likely N-dealkylation sites (tertiary alicyclic amines) is 1. The Labute approximate surface area is 136 Å². The first kappa shape index (κ1) is 14.9. The monoisotopic (exact) mass is 362 g/mol. The number of carbonyl (C=O) groups is 1. The third-order valence-corrected chi connectivity index (χ3v) is 3.87. The van der Waals surface area contributed by atoms with Crippen molar-refractivity contribution in [3.8, 4) is 6.01 Å². The molecule has 114 valence electrons. The molecule has 0 saturated carbocycles. The summed E-state index contributed by atoms with van der Waals surface area (Å²) in [4.78, 5) is 26.5. The molecule has 1 unspecified atom stereocenters. The van der Waals surface area contributed by atoms with Crippen LogP contribution in [0.5, 0.6) is 6.01 Å². The van der Waals surface area contributed by atoms with Gasteiger partial charge in [0.15, 0.2) is 0 Å². The number of amides is 1. The van der Waals surface area contributed by atoms with E-state index in [0.29, 0.717) is 18.1 Å². The lowest BCUT2D eigenvalue weighted by Crippen LogP contribution is -2.44. The van der Waals surface area contributed by atoms with Gasteiger partial charge in [0.05, 0.1) is 12.1 Å². The fourth-order valence-electron chi connectivity index (χ4n) is 2.43. The summed E-state index contributed by atoms with van der Waals surface area (Å²) in [6.07, 6.45) is 8.22. The number of hydrogen-bond acceptors (Lipinski definition) is 5. The topological polar surface area (TPSA) is 68.2 Å². The van der Waals surface area contributed by atoms with E-state index >= 15 is 0 Å². The molecule has 2 aromatic heterocycles. The maximum absolute atomic E-state index is 12.5. The summed E-state index contributed by atoms with van der Waals surface area (Å²) < 4.78 is 6.55. The summed E-state index contributed by atoms with van der Waals surface area (Å²) in [5.74, 6) is -0.0314. The predicted molar refractivity (Wildman–Crippen MR) is 83.5 cm³/mol. The average Bonchev–Trinajstić information content (AvgIpc) is 2.55. The van der Waals surface area contributed by atoms with Crippen molar-refractivity contribution in [2.24, 2.45) is 0 Å². The average molecular weight is 363 g/mol. The third kappa shape index (κ3) is 3.59. The van der Waals surface area contributed by atoms with Crippen LogP contribution < -0.4 is 4.74 Å². The van der Waals surface area contributed by atoms with Gasteiger partial charge >= 0.3 is 6.01 Å². The van der Waals surface area contributed by atoms with Gasteiger partial charge in [0.25, 0.3) is 5.91 Å². The molecule has 0 aliphatic carbocycles. The molecule has 22 heavy (non-hydrogen) atoms. The molecule has 1 aliphatic rings. The molecule has 2 aromatic rings. The second-order valence-corrected chi connectivity index (χ2v) is 5.97. The molecule has 1 amide bonds. The molecule has 0 aromatic carbocycles. The predicted octanol–water partition coefficient (Wildman–Crippen LogP) is 2.32. The highest BCUT2D eigenvalue weighted by Crippen LogP contribution is 2.18. The third-order valence-electron chi connectivity index (χ3n) is 3.43. The molecule has 1 atom stereocenters. The molecule has 1 aliphatic heterocycles. The van der Waals surface area contributed by atoms with E-state index in [0.717, 1.165) is 23.9 Å². The molecule has 1 saturated heterocycles. The van der Waals surface area contributed by atoms with Crippen molar-refractivity contribution in [2.75, 3.05) is 13.1 Å². The fourth-order valence-corrected chi connectivity index (χ4v) is 2.79. The maximum Gasteiger partial charge on any atom is 0.316 e. The lowest BCUT2D eigenvalue weighted by Gasteiger charge is -2.32. The van der Waals surface area contributed by atoms with Crippen LogP contribution in [0.15, 0.2) is 41.4 Å². The van der Waals surface area contributed by atoms with Crippen LogP contribution in [-0.2, 0) is 0 Å². The minimum atomic E-state index is -0.0831. The van der Waals surface area contributed by atoms with Crippen molar-refractivity contribution in [2.45, 2.75) is 18.9 Å². The zero-order chi connectivity index (χ0) is 15.4. The van der Waals surface area contributed by atoms with E-state index in [4.69, 9.17) is 4.74 Å². The number of hydrogen-bond donors (Lipinski definition) is 0. The van der Waals surface area contributed by atoms with Gasteiger partial charge < -0.3 is 9.64 Å². The van der Waals surface area contributed by atoms with Gasteiger partial charge in [-0.1, -0.05) is 0 Å². The van der Waals surface area contributed by atoms with E-state index in [1.807, 2.05) is 0 Å². The summed E-state index contributed by atoms with van der Waals surface area (Å²) in [5.41, 5.74) is 0.575. The van der Waals surface area contributed by atoms with Crippen LogP contribution in [-0.4, -0.2) is 45.0 Å². The van der Waals surface area contributed by atoms with Crippen LogP contribution in [0, 0.1) is 0 Å². The lowest BCUT2D eigenvalue weighted by atomic mass is 10.1. The van der Waals surface area contributed by atoms with Crippen LogP contribution in [0.4, 0.5) is 0 Å². The van der Waals surface area contributed by atoms with Crippen LogP contribution in [0.1, 0.15) is 23.2 Å². The molecule has 0 bridgehead atoms. The Kier molecular flexibility index (Phi) is 4.62. The fraction of sp³-hybridized carbons (Fsp3) is 0.333. The molecule has 6 nitrogen and oxygen atoms in total. The van der Waals surface area contributed by atoms with Gasteiger partial charge in [-0.2, -0.15) is 0 Å². The highest BCUT2D eigenvalue weighted by Gasteiger charge is 2.26. The molecule has 0 spiro atoms. The summed E-state index contributed by atoms with van der Waals surface area (Å²) in [5, 5.41) is 0. The van der Waals surface area contributed by atoms with Gasteiger partial charge in [-0.3, -0.25) is 9.78 Å². The largest absolute Gasteiger partial charge is 0.458 e. The van der Waals surface area contributed by atoms with Crippen molar-refractivity contribution in [1.82, 2.24) is 19.9 Å². The quantitative estimate of drug-likeness (QED) is 0.837.